The van der Waals surface area contributed by atoms with Crippen LogP contribution in [-0.2, 0) is 13.0 Å². The lowest BCUT2D eigenvalue weighted by Crippen LogP contribution is -2.12. The zero-order valence-corrected chi connectivity index (χ0v) is 12.0. The van der Waals surface area contributed by atoms with Crippen molar-refractivity contribution in [3.8, 4) is 0 Å². The van der Waals surface area contributed by atoms with Crippen LogP contribution < -0.4 is 0 Å². The van der Waals surface area contributed by atoms with Gasteiger partial charge in [0.05, 0.1) is 6.20 Å². The van der Waals surface area contributed by atoms with E-state index in [0.717, 1.165) is 23.9 Å². The van der Waals surface area contributed by atoms with Crippen molar-refractivity contribution >= 4 is 16.6 Å². The molecule has 1 heterocycles. The molecular formula is C17H17N3O. The summed E-state index contributed by atoms with van der Waals surface area (Å²) in [6.07, 6.45) is 2.86. The Morgan fingerprint density at radius 1 is 1.14 bits per heavy atom. The number of ketones is 1. The van der Waals surface area contributed by atoms with E-state index in [1.165, 1.54) is 5.39 Å². The van der Waals surface area contributed by atoms with Crippen LogP contribution >= 0.6 is 0 Å². The van der Waals surface area contributed by atoms with Gasteiger partial charge in [0.1, 0.15) is 5.69 Å². The van der Waals surface area contributed by atoms with Gasteiger partial charge < -0.3 is 0 Å². The number of hydrogen-bond donors (Lipinski definition) is 0. The highest BCUT2D eigenvalue weighted by atomic mass is 16.1. The first-order chi connectivity index (χ1) is 10.3. The SMILES string of the molecule is CCCn1nncc1C(=O)Cc1ccc2ccccc2c1. The molecule has 4 heteroatoms. The maximum Gasteiger partial charge on any atom is 0.186 e. The smallest absolute Gasteiger partial charge is 0.186 e. The van der Waals surface area contributed by atoms with Crippen LogP contribution in [-0.4, -0.2) is 20.8 Å². The van der Waals surface area contributed by atoms with Crippen molar-refractivity contribution in [1.29, 1.82) is 0 Å². The van der Waals surface area contributed by atoms with Gasteiger partial charge in [-0.25, -0.2) is 4.68 Å². The molecule has 0 atom stereocenters. The fourth-order valence-corrected chi connectivity index (χ4v) is 2.48. The molecule has 0 spiro atoms. The summed E-state index contributed by atoms with van der Waals surface area (Å²) in [7, 11) is 0. The third-order valence-electron chi connectivity index (χ3n) is 3.52. The lowest BCUT2D eigenvalue weighted by Gasteiger charge is -2.05. The monoisotopic (exact) mass is 279 g/mol. The minimum atomic E-state index is 0.0590. The second-order valence-electron chi connectivity index (χ2n) is 5.12. The van der Waals surface area contributed by atoms with Gasteiger partial charge in [0.25, 0.3) is 0 Å². The summed E-state index contributed by atoms with van der Waals surface area (Å²) in [4.78, 5) is 12.4. The number of rotatable bonds is 5. The number of aryl methyl sites for hydroxylation is 1. The summed E-state index contributed by atoms with van der Waals surface area (Å²) in [6, 6.07) is 14.3. The third-order valence-corrected chi connectivity index (χ3v) is 3.52. The van der Waals surface area contributed by atoms with Crippen LogP contribution in [0.2, 0.25) is 0 Å². The molecule has 0 amide bonds. The number of carbonyl (C=O) groups is 1. The molecule has 0 aliphatic heterocycles. The Labute approximate surface area is 123 Å². The Bertz CT molecular complexity index is 776. The topological polar surface area (TPSA) is 47.8 Å². The highest BCUT2D eigenvalue weighted by Gasteiger charge is 2.13. The molecular weight excluding hydrogens is 262 g/mol. The molecule has 0 bridgehead atoms. The average Bonchev–Trinajstić information content (AvgIpc) is 2.96. The normalized spacial score (nSPS) is 10.9. The van der Waals surface area contributed by atoms with Crippen molar-refractivity contribution in [2.45, 2.75) is 26.3 Å². The molecule has 2 aromatic carbocycles. The maximum atomic E-state index is 12.4. The summed E-state index contributed by atoms with van der Waals surface area (Å²) in [6.45, 7) is 2.78. The number of carbonyl (C=O) groups excluding carboxylic acids is 1. The molecule has 3 rings (SSSR count). The van der Waals surface area contributed by atoms with Gasteiger partial charge in [-0.1, -0.05) is 54.6 Å². The Hall–Kier alpha value is -2.49. The van der Waals surface area contributed by atoms with E-state index in [4.69, 9.17) is 0 Å². The molecule has 0 saturated carbocycles. The summed E-state index contributed by atoms with van der Waals surface area (Å²) in [5, 5.41) is 10.2. The van der Waals surface area contributed by atoms with E-state index in [1.807, 2.05) is 18.2 Å². The summed E-state index contributed by atoms with van der Waals surface area (Å²) in [5.41, 5.74) is 1.60. The predicted octanol–water partition coefficient (Wildman–Crippen LogP) is 3.27. The van der Waals surface area contributed by atoms with E-state index in [0.29, 0.717) is 12.1 Å². The number of nitrogens with zero attached hydrogens (tertiary/aromatic N) is 3. The molecule has 0 N–H and O–H groups in total. The van der Waals surface area contributed by atoms with Crippen LogP contribution in [0.25, 0.3) is 10.8 Å². The molecule has 3 aromatic rings. The van der Waals surface area contributed by atoms with E-state index < -0.39 is 0 Å². The van der Waals surface area contributed by atoms with E-state index in [2.05, 4.69) is 41.5 Å². The Balaban J connectivity index is 1.84. The van der Waals surface area contributed by atoms with E-state index >= 15 is 0 Å². The highest BCUT2D eigenvalue weighted by molar-refractivity contribution is 5.96. The lowest BCUT2D eigenvalue weighted by atomic mass is 10.0. The van der Waals surface area contributed by atoms with Gasteiger partial charge in [0, 0.05) is 13.0 Å². The van der Waals surface area contributed by atoms with Crippen molar-refractivity contribution in [2.75, 3.05) is 0 Å². The molecule has 0 aliphatic rings. The van der Waals surface area contributed by atoms with Crippen LogP contribution in [0.5, 0.6) is 0 Å². The van der Waals surface area contributed by atoms with Crippen molar-refractivity contribution in [3.05, 3.63) is 59.9 Å². The highest BCUT2D eigenvalue weighted by Crippen LogP contribution is 2.17. The molecule has 0 fully saturated rings. The van der Waals surface area contributed by atoms with Crippen LogP contribution in [0.3, 0.4) is 0 Å². The minimum Gasteiger partial charge on any atom is -0.292 e. The first-order valence-corrected chi connectivity index (χ1v) is 7.17. The molecule has 106 valence electrons. The van der Waals surface area contributed by atoms with Crippen molar-refractivity contribution in [3.63, 3.8) is 0 Å². The standard InChI is InChI=1S/C17H17N3O/c1-2-9-20-16(12-18-19-20)17(21)11-13-7-8-14-5-3-4-6-15(14)10-13/h3-8,10,12H,2,9,11H2,1H3. The van der Waals surface area contributed by atoms with E-state index in [1.54, 1.807) is 10.9 Å². The molecule has 0 radical (unpaired) electrons. The molecule has 4 nitrogen and oxygen atoms in total. The fourth-order valence-electron chi connectivity index (χ4n) is 2.48. The van der Waals surface area contributed by atoms with Gasteiger partial charge in [0.2, 0.25) is 0 Å². The number of benzene rings is 2. The quantitative estimate of drug-likeness (QED) is 0.673. The van der Waals surface area contributed by atoms with Gasteiger partial charge in [-0.2, -0.15) is 0 Å². The van der Waals surface area contributed by atoms with E-state index in [9.17, 15) is 4.79 Å². The number of Topliss-reactive ketones (excluding diaryl/α,β-unsaturated/α-hetero) is 1. The van der Waals surface area contributed by atoms with Gasteiger partial charge in [-0.05, 0) is 22.8 Å². The van der Waals surface area contributed by atoms with Crippen molar-refractivity contribution in [1.82, 2.24) is 15.0 Å². The van der Waals surface area contributed by atoms with Gasteiger partial charge >= 0.3 is 0 Å². The van der Waals surface area contributed by atoms with Gasteiger partial charge in [0.15, 0.2) is 5.78 Å². The second-order valence-corrected chi connectivity index (χ2v) is 5.12. The van der Waals surface area contributed by atoms with Crippen molar-refractivity contribution in [2.24, 2.45) is 0 Å². The first-order valence-electron chi connectivity index (χ1n) is 7.17. The van der Waals surface area contributed by atoms with Crippen LogP contribution in [0, 0.1) is 0 Å². The number of fused-ring (bicyclic) bond motifs is 1. The minimum absolute atomic E-state index is 0.0590. The second kappa shape index (κ2) is 5.87. The average molecular weight is 279 g/mol. The number of hydrogen-bond acceptors (Lipinski definition) is 3. The largest absolute Gasteiger partial charge is 0.292 e. The summed E-state index contributed by atoms with van der Waals surface area (Å²) >= 11 is 0. The van der Waals surface area contributed by atoms with Gasteiger partial charge in [-0.15, -0.1) is 5.10 Å². The fraction of sp³-hybridized carbons (Fsp3) is 0.235. The Morgan fingerprint density at radius 3 is 2.76 bits per heavy atom. The third kappa shape index (κ3) is 2.84. The Morgan fingerprint density at radius 2 is 1.95 bits per heavy atom. The first kappa shape index (κ1) is 13.5. The van der Waals surface area contributed by atoms with E-state index in [-0.39, 0.29) is 5.78 Å². The Kier molecular flexibility index (Phi) is 3.77. The van der Waals surface area contributed by atoms with Crippen LogP contribution in [0.4, 0.5) is 0 Å². The zero-order chi connectivity index (χ0) is 14.7. The summed E-state index contributed by atoms with van der Waals surface area (Å²) in [5.74, 6) is 0.0590. The molecule has 0 aliphatic carbocycles. The van der Waals surface area contributed by atoms with Gasteiger partial charge in [-0.3, -0.25) is 4.79 Å². The molecule has 0 saturated heterocycles. The maximum absolute atomic E-state index is 12.4. The predicted molar refractivity (Wildman–Crippen MR) is 82.3 cm³/mol. The zero-order valence-electron chi connectivity index (χ0n) is 12.0. The summed E-state index contributed by atoms with van der Waals surface area (Å²) < 4.78 is 1.68. The molecule has 0 unspecified atom stereocenters. The van der Waals surface area contributed by atoms with Crippen LogP contribution in [0.1, 0.15) is 29.4 Å². The number of aromatic nitrogens is 3. The molecule has 1 aromatic heterocycles. The lowest BCUT2D eigenvalue weighted by molar-refractivity contribution is 0.0982. The molecule has 21 heavy (non-hydrogen) atoms. The van der Waals surface area contributed by atoms with Crippen molar-refractivity contribution < 1.29 is 4.79 Å². The van der Waals surface area contributed by atoms with Crippen LogP contribution in [0.15, 0.2) is 48.7 Å².